The molecule has 2 N–H and O–H groups in total. The van der Waals surface area contributed by atoms with E-state index < -0.39 is 21.2 Å². The average molecular weight is 645 g/mol. The predicted molar refractivity (Wildman–Crippen MR) is 174 cm³/mol. The van der Waals surface area contributed by atoms with Crippen molar-refractivity contribution in [2.75, 3.05) is 42.3 Å². The van der Waals surface area contributed by atoms with Crippen LogP contribution in [0.4, 0.5) is 17.1 Å². The van der Waals surface area contributed by atoms with E-state index in [9.17, 15) is 23.6 Å². The van der Waals surface area contributed by atoms with Gasteiger partial charge in [0.2, 0.25) is 0 Å². The van der Waals surface area contributed by atoms with Gasteiger partial charge in [0.1, 0.15) is 0 Å². The predicted octanol–water partition coefficient (Wildman–Crippen LogP) is 5.26. The molecule has 2 heterocycles. The molecule has 0 spiro atoms. The molecule has 4 aromatic rings. The van der Waals surface area contributed by atoms with E-state index in [1.807, 2.05) is 36.4 Å². The molecule has 3 atom stereocenters. The van der Waals surface area contributed by atoms with Gasteiger partial charge in [0, 0.05) is 68.2 Å². The topological polar surface area (TPSA) is 134 Å². The van der Waals surface area contributed by atoms with Crippen LogP contribution in [0, 0.1) is 10.1 Å². The van der Waals surface area contributed by atoms with Crippen LogP contribution in [-0.4, -0.2) is 62.2 Å². The number of piperazine rings is 1. The van der Waals surface area contributed by atoms with Gasteiger partial charge in [-0.15, -0.1) is 0 Å². The summed E-state index contributed by atoms with van der Waals surface area (Å²) < 4.78 is 41.2. The van der Waals surface area contributed by atoms with E-state index in [4.69, 9.17) is 9.47 Å². The lowest BCUT2D eigenvalue weighted by Crippen LogP contribution is -2.49. The van der Waals surface area contributed by atoms with Crippen molar-refractivity contribution >= 4 is 27.1 Å². The van der Waals surface area contributed by atoms with Crippen molar-refractivity contribution in [3.8, 4) is 0 Å². The summed E-state index contributed by atoms with van der Waals surface area (Å²) in [5.74, 6) is 0. The fourth-order valence-electron chi connectivity index (χ4n) is 5.82. The number of hydrogen-bond acceptors (Lipinski definition) is 9. The van der Waals surface area contributed by atoms with Gasteiger partial charge in [-0.1, -0.05) is 54.6 Å². The molecule has 0 radical (unpaired) electrons. The van der Waals surface area contributed by atoms with Gasteiger partial charge < -0.3 is 19.5 Å². The van der Waals surface area contributed by atoms with Gasteiger partial charge in [-0.25, -0.2) is 8.42 Å². The van der Waals surface area contributed by atoms with Crippen LogP contribution in [0.15, 0.2) is 108 Å². The first-order valence-corrected chi connectivity index (χ1v) is 16.7. The second-order valence-electron chi connectivity index (χ2n) is 11.5. The Morgan fingerprint density at radius 2 is 1.48 bits per heavy atom. The second kappa shape index (κ2) is 14.0. The number of aliphatic hydroxyl groups is 1. The van der Waals surface area contributed by atoms with E-state index in [0.29, 0.717) is 18.7 Å². The molecule has 4 aromatic carbocycles. The molecular weight excluding hydrogens is 608 g/mol. The lowest BCUT2D eigenvalue weighted by molar-refractivity contribution is -0.384. The molecule has 0 amide bonds. The summed E-state index contributed by atoms with van der Waals surface area (Å²) in [6.07, 6.45) is -0.396. The van der Waals surface area contributed by atoms with Crippen LogP contribution in [0.1, 0.15) is 35.5 Å². The minimum absolute atomic E-state index is 0.0353. The highest BCUT2D eigenvalue weighted by molar-refractivity contribution is 7.92. The summed E-state index contributed by atoms with van der Waals surface area (Å²) in [7, 11) is -3.72. The zero-order valence-corrected chi connectivity index (χ0v) is 26.0. The normalized spacial score (nSPS) is 20.7. The summed E-state index contributed by atoms with van der Waals surface area (Å²) in [6.45, 7) is 3.87. The summed E-state index contributed by atoms with van der Waals surface area (Å²) in [6, 6.07) is 29.6. The van der Waals surface area contributed by atoms with E-state index in [-0.39, 0.29) is 29.4 Å². The highest BCUT2D eigenvalue weighted by Gasteiger charge is 2.34. The van der Waals surface area contributed by atoms with Crippen molar-refractivity contribution in [2.45, 2.75) is 36.4 Å². The van der Waals surface area contributed by atoms with E-state index in [2.05, 4.69) is 14.5 Å². The maximum absolute atomic E-state index is 12.8. The Labute approximate surface area is 268 Å². The molecule has 3 unspecified atom stereocenters. The fourth-order valence-corrected chi connectivity index (χ4v) is 6.90. The molecule has 0 aliphatic carbocycles. The van der Waals surface area contributed by atoms with Crippen molar-refractivity contribution in [2.24, 2.45) is 0 Å². The number of anilines is 2. The van der Waals surface area contributed by atoms with Gasteiger partial charge in [-0.2, -0.15) is 0 Å². The highest BCUT2D eigenvalue weighted by atomic mass is 32.2. The van der Waals surface area contributed by atoms with Gasteiger partial charge in [-0.3, -0.25) is 19.7 Å². The Morgan fingerprint density at radius 1 is 0.826 bits per heavy atom. The molecule has 12 heteroatoms. The molecule has 6 rings (SSSR count). The number of sulfonamides is 1. The van der Waals surface area contributed by atoms with Crippen LogP contribution in [0.2, 0.25) is 0 Å². The summed E-state index contributed by atoms with van der Waals surface area (Å²) >= 11 is 0. The monoisotopic (exact) mass is 644 g/mol. The quantitative estimate of drug-likeness (QED) is 0.175. The Hall–Kier alpha value is -4.33. The number of nitro groups is 1. The number of non-ortho nitro benzene ring substituents is 1. The lowest BCUT2D eigenvalue weighted by Gasteiger charge is -2.41. The van der Waals surface area contributed by atoms with Gasteiger partial charge >= 0.3 is 0 Å². The molecule has 240 valence electrons. The first-order chi connectivity index (χ1) is 22.3. The molecule has 0 bridgehead atoms. The Morgan fingerprint density at radius 3 is 2.11 bits per heavy atom. The molecule has 46 heavy (non-hydrogen) atoms. The van der Waals surface area contributed by atoms with Crippen LogP contribution in [0.25, 0.3) is 0 Å². The standard InChI is InChI=1S/C34H36N4O7S/c39-24-25-6-8-26(9-7-25)33-22-31(23-36-18-20-37(21-19-36)29-14-16-30(17-15-29)38(40)41)44-34(45-33)27-10-12-28(13-11-27)35-46(42,43)32-4-2-1-3-5-32/h1-17,31,33-35,39H,18-24H2. The van der Waals surface area contributed by atoms with Crippen molar-refractivity contribution in [3.05, 3.63) is 130 Å². The van der Waals surface area contributed by atoms with Gasteiger partial charge in [0.05, 0.1) is 28.6 Å². The fraction of sp³-hybridized carbons (Fsp3) is 0.294. The molecule has 2 saturated heterocycles. The molecule has 0 aromatic heterocycles. The zero-order valence-electron chi connectivity index (χ0n) is 25.1. The number of ether oxygens (including phenoxy) is 2. The van der Waals surface area contributed by atoms with Crippen LogP contribution in [0.3, 0.4) is 0 Å². The smallest absolute Gasteiger partial charge is 0.269 e. The number of hydrogen-bond donors (Lipinski definition) is 2. The number of aliphatic hydroxyl groups excluding tert-OH is 1. The largest absolute Gasteiger partial charge is 0.392 e. The number of nitrogens with one attached hydrogen (secondary N) is 1. The zero-order chi connectivity index (χ0) is 32.1. The van der Waals surface area contributed by atoms with Crippen molar-refractivity contribution < 1.29 is 27.9 Å². The van der Waals surface area contributed by atoms with Gasteiger partial charge in [0.15, 0.2) is 6.29 Å². The Balaban J connectivity index is 1.14. The van der Waals surface area contributed by atoms with Crippen LogP contribution >= 0.6 is 0 Å². The Kier molecular flexibility index (Phi) is 9.61. The van der Waals surface area contributed by atoms with E-state index in [1.165, 1.54) is 12.1 Å². The summed E-state index contributed by atoms with van der Waals surface area (Å²) in [5.41, 5.74) is 4.06. The van der Waals surface area contributed by atoms with Gasteiger partial charge in [-0.05, 0) is 47.5 Å². The first kappa shape index (κ1) is 31.6. The number of rotatable bonds is 10. The van der Waals surface area contributed by atoms with Crippen molar-refractivity contribution in [3.63, 3.8) is 0 Å². The number of nitro benzene ring substituents is 1. The van der Waals surface area contributed by atoms with E-state index in [0.717, 1.165) is 48.6 Å². The van der Waals surface area contributed by atoms with Gasteiger partial charge in [0.25, 0.3) is 15.7 Å². The lowest BCUT2D eigenvalue weighted by atomic mass is 9.99. The molecule has 2 fully saturated rings. The molecule has 11 nitrogen and oxygen atoms in total. The molecular formula is C34H36N4O7S. The van der Waals surface area contributed by atoms with Crippen LogP contribution < -0.4 is 9.62 Å². The second-order valence-corrected chi connectivity index (χ2v) is 13.1. The van der Waals surface area contributed by atoms with E-state index >= 15 is 0 Å². The average Bonchev–Trinajstić information content (AvgIpc) is 3.09. The van der Waals surface area contributed by atoms with Crippen molar-refractivity contribution in [1.29, 1.82) is 0 Å². The first-order valence-electron chi connectivity index (χ1n) is 15.2. The van der Waals surface area contributed by atoms with Crippen molar-refractivity contribution in [1.82, 2.24) is 4.90 Å². The van der Waals surface area contributed by atoms with Crippen LogP contribution in [0.5, 0.6) is 0 Å². The molecule has 2 aliphatic rings. The number of benzene rings is 4. The summed E-state index contributed by atoms with van der Waals surface area (Å²) in [4.78, 5) is 15.4. The molecule has 0 saturated carbocycles. The third kappa shape index (κ3) is 7.54. The van der Waals surface area contributed by atoms with E-state index in [1.54, 1.807) is 54.6 Å². The van der Waals surface area contributed by atoms with Crippen LogP contribution in [-0.2, 0) is 26.1 Å². The molecule has 2 aliphatic heterocycles. The maximum Gasteiger partial charge on any atom is 0.269 e. The highest BCUT2D eigenvalue weighted by Crippen LogP contribution is 2.38. The third-order valence-electron chi connectivity index (χ3n) is 8.36. The Bertz CT molecular complexity index is 1710. The minimum atomic E-state index is -3.72. The maximum atomic E-state index is 12.8. The minimum Gasteiger partial charge on any atom is -0.392 e. The number of nitrogens with zero attached hydrogens (tertiary/aromatic N) is 3. The summed E-state index contributed by atoms with van der Waals surface area (Å²) in [5, 5.41) is 20.5. The SMILES string of the molecule is O=[N+]([O-])c1ccc(N2CCN(CC3CC(c4ccc(CO)cc4)OC(c4ccc(NS(=O)(=O)c5ccccc5)cc4)O3)CC2)cc1. The third-order valence-corrected chi connectivity index (χ3v) is 9.76.